The molecular weight excluding hydrogens is 492 g/mol. The van der Waals surface area contributed by atoms with Crippen LogP contribution in [0.4, 0.5) is 17.6 Å². The number of H-pyrrole nitrogens is 1. The van der Waals surface area contributed by atoms with Gasteiger partial charge in [0.15, 0.2) is 5.82 Å². The molecule has 5 heterocycles. The van der Waals surface area contributed by atoms with Crippen molar-refractivity contribution in [3.8, 4) is 11.3 Å². The number of nitrogens with one attached hydrogen (secondary N) is 2. The fourth-order valence-electron chi connectivity index (χ4n) is 6.17. The van der Waals surface area contributed by atoms with Crippen molar-refractivity contribution in [2.75, 3.05) is 13.6 Å². The Kier molecular flexibility index (Phi) is 6.71. The maximum absolute atomic E-state index is 14.2. The minimum absolute atomic E-state index is 0.0434. The molecule has 2 aromatic rings. The van der Waals surface area contributed by atoms with Crippen molar-refractivity contribution < 1.29 is 27.2 Å². The largest absolute Gasteiger partial charge is 0.404 e. The Bertz CT molecular complexity index is 1170. The lowest BCUT2D eigenvalue weighted by Crippen LogP contribution is -2.56. The first-order valence-corrected chi connectivity index (χ1v) is 12.6. The molecule has 3 saturated heterocycles. The van der Waals surface area contributed by atoms with E-state index in [1.165, 1.54) is 18.0 Å². The Morgan fingerprint density at radius 1 is 1.11 bits per heavy atom. The van der Waals surface area contributed by atoms with Gasteiger partial charge in [-0.2, -0.15) is 18.3 Å². The van der Waals surface area contributed by atoms with Crippen LogP contribution < -0.4 is 5.32 Å². The molecule has 3 aliphatic heterocycles. The maximum Gasteiger partial charge on any atom is 0.404 e. The first-order chi connectivity index (χ1) is 17.5. The summed E-state index contributed by atoms with van der Waals surface area (Å²) in [7, 11) is 1.44. The summed E-state index contributed by atoms with van der Waals surface area (Å²) >= 11 is 0. The predicted octanol–water partition coefficient (Wildman–Crippen LogP) is 3.44. The number of hydrogen-bond donors (Lipinski definition) is 2. The van der Waals surface area contributed by atoms with Crippen LogP contribution in [0, 0.1) is 18.7 Å². The van der Waals surface area contributed by atoms with Crippen molar-refractivity contribution >= 4 is 11.8 Å². The van der Waals surface area contributed by atoms with E-state index in [1.54, 1.807) is 17.9 Å². The highest BCUT2D eigenvalue weighted by Gasteiger charge is 2.47. The highest BCUT2D eigenvalue weighted by atomic mass is 19.4. The van der Waals surface area contributed by atoms with Crippen LogP contribution in [0.5, 0.6) is 0 Å². The summed E-state index contributed by atoms with van der Waals surface area (Å²) in [5, 5.41) is 9.82. The highest BCUT2D eigenvalue weighted by Crippen LogP contribution is 2.40. The molecule has 0 aromatic carbocycles. The smallest absolute Gasteiger partial charge is 0.352 e. The second-order valence-electron chi connectivity index (χ2n) is 10.5. The summed E-state index contributed by atoms with van der Waals surface area (Å²) in [5.74, 6) is -1.21. The molecule has 4 atom stereocenters. The lowest BCUT2D eigenvalue weighted by atomic mass is 9.89. The number of fused-ring (bicyclic) bond motifs is 2. The third kappa shape index (κ3) is 5.07. The number of aromatic amines is 1. The minimum atomic E-state index is -4.27. The molecule has 2 amide bonds. The number of nitrogens with zero attached hydrogens (tertiary/aromatic N) is 4. The van der Waals surface area contributed by atoms with Crippen LogP contribution >= 0.6 is 0 Å². The van der Waals surface area contributed by atoms with E-state index in [4.69, 9.17) is 0 Å². The molecule has 3 fully saturated rings. The van der Waals surface area contributed by atoms with Crippen molar-refractivity contribution in [3.05, 3.63) is 35.5 Å². The number of aromatic nitrogens is 3. The van der Waals surface area contributed by atoms with Gasteiger partial charge in [-0.05, 0) is 64.6 Å². The quantitative estimate of drug-likeness (QED) is 0.600. The van der Waals surface area contributed by atoms with Crippen molar-refractivity contribution in [1.82, 2.24) is 30.3 Å². The topological polar surface area (TPSA) is 94.2 Å². The van der Waals surface area contributed by atoms with Crippen LogP contribution in [-0.4, -0.2) is 80.7 Å². The zero-order valence-electron chi connectivity index (χ0n) is 20.7. The lowest BCUT2D eigenvalue weighted by molar-refractivity contribution is -0.188. The van der Waals surface area contributed by atoms with Crippen LogP contribution in [0.15, 0.2) is 18.3 Å². The van der Waals surface area contributed by atoms with Gasteiger partial charge in [-0.25, -0.2) is 4.39 Å². The van der Waals surface area contributed by atoms with Crippen LogP contribution in [0.25, 0.3) is 11.3 Å². The Morgan fingerprint density at radius 2 is 1.81 bits per heavy atom. The van der Waals surface area contributed by atoms with E-state index >= 15 is 0 Å². The molecule has 200 valence electrons. The molecule has 37 heavy (non-hydrogen) atoms. The van der Waals surface area contributed by atoms with E-state index in [-0.39, 0.29) is 66.5 Å². The monoisotopic (exact) mass is 522 g/mol. The molecule has 0 saturated carbocycles. The van der Waals surface area contributed by atoms with E-state index in [1.807, 2.05) is 0 Å². The minimum Gasteiger partial charge on any atom is -0.352 e. The zero-order valence-corrected chi connectivity index (χ0v) is 20.7. The Balaban J connectivity index is 1.21. The van der Waals surface area contributed by atoms with Gasteiger partial charge in [-0.1, -0.05) is 0 Å². The number of pyridine rings is 1. The number of rotatable bonds is 4. The molecule has 0 aliphatic carbocycles. The number of piperidine rings is 2. The predicted molar refractivity (Wildman–Crippen MR) is 126 cm³/mol. The van der Waals surface area contributed by atoms with E-state index in [9.17, 15) is 27.2 Å². The van der Waals surface area contributed by atoms with Crippen molar-refractivity contribution in [2.24, 2.45) is 5.92 Å². The van der Waals surface area contributed by atoms with Crippen molar-refractivity contribution in [3.63, 3.8) is 0 Å². The van der Waals surface area contributed by atoms with Gasteiger partial charge in [0.25, 0.3) is 5.91 Å². The number of likely N-dealkylation sites (N-methyl/N-ethyl adjacent to an activating group) is 1. The third-order valence-corrected chi connectivity index (χ3v) is 7.97. The summed E-state index contributed by atoms with van der Waals surface area (Å²) < 4.78 is 53.6. The SMILES string of the molecule is Cc1cc(-c2cc(C(=O)N3C4CCC3CC(C(=O)N[C@H]3CC[C@@H](C(F)(F)F)N(C)C3)C4)[nH]n2)c(F)cn1. The summed E-state index contributed by atoms with van der Waals surface area (Å²) in [6, 6.07) is 1.07. The summed E-state index contributed by atoms with van der Waals surface area (Å²) in [4.78, 5) is 33.4. The number of aryl methyl sites for hydroxylation is 1. The second-order valence-corrected chi connectivity index (χ2v) is 10.5. The van der Waals surface area contributed by atoms with Gasteiger partial charge in [-0.3, -0.25) is 24.6 Å². The normalized spacial score (nSPS) is 28.4. The van der Waals surface area contributed by atoms with Crippen LogP contribution in [0.3, 0.4) is 0 Å². The first kappa shape index (κ1) is 25.6. The van der Waals surface area contributed by atoms with Crippen molar-refractivity contribution in [1.29, 1.82) is 0 Å². The fourth-order valence-corrected chi connectivity index (χ4v) is 6.17. The van der Waals surface area contributed by atoms with Crippen LogP contribution in [0.1, 0.15) is 54.7 Å². The van der Waals surface area contributed by atoms with Gasteiger partial charge in [0, 0.05) is 41.8 Å². The van der Waals surface area contributed by atoms with Crippen molar-refractivity contribution in [2.45, 2.75) is 75.8 Å². The highest BCUT2D eigenvalue weighted by molar-refractivity contribution is 5.94. The number of halogens is 4. The Labute approximate surface area is 211 Å². The molecule has 8 nitrogen and oxygen atoms in total. The average Bonchev–Trinajstić information content (AvgIpc) is 3.42. The molecule has 5 rings (SSSR count). The van der Waals surface area contributed by atoms with Gasteiger partial charge < -0.3 is 10.2 Å². The third-order valence-electron chi connectivity index (χ3n) is 7.97. The molecule has 2 N–H and O–H groups in total. The van der Waals surface area contributed by atoms with Gasteiger partial charge in [0.2, 0.25) is 5.91 Å². The number of hydrogen-bond acceptors (Lipinski definition) is 5. The maximum atomic E-state index is 14.2. The molecule has 2 bridgehead atoms. The van der Waals surface area contributed by atoms with E-state index in [2.05, 4.69) is 20.5 Å². The summed E-state index contributed by atoms with van der Waals surface area (Å²) in [6.45, 7) is 1.89. The number of carbonyl (C=O) groups is 2. The number of amides is 2. The van der Waals surface area contributed by atoms with E-state index in [0.717, 1.165) is 19.0 Å². The van der Waals surface area contributed by atoms with Gasteiger partial charge >= 0.3 is 6.18 Å². The summed E-state index contributed by atoms with van der Waals surface area (Å²) in [6.07, 6.45) is -0.359. The van der Waals surface area contributed by atoms with Gasteiger partial charge in [0.05, 0.1) is 11.9 Å². The Morgan fingerprint density at radius 3 is 2.46 bits per heavy atom. The molecule has 2 unspecified atom stereocenters. The summed E-state index contributed by atoms with van der Waals surface area (Å²) in [5.41, 5.74) is 1.47. The lowest BCUT2D eigenvalue weighted by Gasteiger charge is -2.40. The van der Waals surface area contributed by atoms with Crippen LogP contribution in [0.2, 0.25) is 0 Å². The second kappa shape index (κ2) is 9.70. The number of carbonyl (C=O) groups excluding carboxylic acids is 2. The molecule has 12 heteroatoms. The number of alkyl halides is 3. The van der Waals surface area contributed by atoms with Crippen LogP contribution in [-0.2, 0) is 4.79 Å². The van der Waals surface area contributed by atoms with Gasteiger partial charge in [0.1, 0.15) is 11.7 Å². The Hall–Kier alpha value is -3.02. The van der Waals surface area contributed by atoms with Gasteiger partial charge in [-0.15, -0.1) is 0 Å². The molecule has 2 aromatic heterocycles. The molecule has 0 spiro atoms. The van der Waals surface area contributed by atoms with E-state index in [0.29, 0.717) is 24.2 Å². The van der Waals surface area contributed by atoms with E-state index < -0.39 is 18.0 Å². The average molecular weight is 523 g/mol. The standard InChI is InChI=1S/C25H30F4N6O2/c1-13-7-18(19(26)11-30-13)20-10-21(33-32-20)24(37)35-16-4-5-17(35)9-14(8-16)23(36)31-15-3-6-22(25(27,28)29)34(2)12-15/h7,10-11,14-17,22H,3-6,8-9,12H2,1-2H3,(H,31,36)(H,32,33)/t14?,15-,16?,17?,22-/m0/s1. The molecule has 0 radical (unpaired) electrons. The fraction of sp³-hybridized carbons (Fsp3) is 0.600. The molecular formula is C25H30F4N6O2. The first-order valence-electron chi connectivity index (χ1n) is 12.6. The molecule has 3 aliphatic rings. The number of likely N-dealkylation sites (tertiary alicyclic amines) is 1. The zero-order chi connectivity index (χ0) is 26.5.